The van der Waals surface area contributed by atoms with Gasteiger partial charge in [0.15, 0.2) is 0 Å². The number of phenolic OH excluding ortho intramolecular Hbond substituents is 3. The number of phenols is 3. The average Bonchev–Trinajstić information content (AvgIpc) is 2.74. The van der Waals surface area contributed by atoms with Crippen LogP contribution >= 0.6 is 0 Å². The molecule has 34 heavy (non-hydrogen) atoms. The van der Waals surface area contributed by atoms with Gasteiger partial charge in [-0.15, -0.1) is 0 Å². The quantitative estimate of drug-likeness (QED) is 0.289. The van der Waals surface area contributed by atoms with Gasteiger partial charge in [0.25, 0.3) is 0 Å². The summed E-state index contributed by atoms with van der Waals surface area (Å²) in [6.45, 7) is 9.65. The fourth-order valence-corrected chi connectivity index (χ4v) is 4.34. The lowest BCUT2D eigenvalue weighted by molar-refractivity contribution is 0.453. The van der Waals surface area contributed by atoms with Gasteiger partial charge in [-0.3, -0.25) is 0 Å². The second-order valence-electron chi connectivity index (χ2n) is 8.78. The van der Waals surface area contributed by atoms with Crippen molar-refractivity contribution in [1.29, 1.82) is 0 Å². The largest absolute Gasteiger partial charge is 0.508 e. The van der Waals surface area contributed by atoms with Crippen LogP contribution in [0.3, 0.4) is 0 Å². The Bertz CT molecular complexity index is 1270. The van der Waals surface area contributed by atoms with Gasteiger partial charge in [-0.2, -0.15) is 0 Å². The van der Waals surface area contributed by atoms with Crippen LogP contribution in [0.1, 0.15) is 27.8 Å². The molecular weight excluding hydrogens is 426 g/mol. The molecule has 0 aromatic heterocycles. The summed E-state index contributed by atoms with van der Waals surface area (Å²) in [5.74, 6) is 1.47. The number of benzene rings is 4. The zero-order chi connectivity index (χ0) is 24.6. The summed E-state index contributed by atoms with van der Waals surface area (Å²) in [4.78, 5) is 1.86. The molecule has 0 heterocycles. The van der Waals surface area contributed by atoms with Gasteiger partial charge in [-0.1, -0.05) is 24.3 Å². The van der Waals surface area contributed by atoms with Gasteiger partial charge in [0, 0.05) is 12.1 Å². The molecule has 4 aromatic carbocycles. The van der Waals surface area contributed by atoms with Crippen LogP contribution in [0.15, 0.2) is 66.7 Å². The molecule has 3 N–H and O–H groups in total. The van der Waals surface area contributed by atoms with E-state index in [1.54, 1.807) is 30.3 Å². The molecule has 4 rings (SSSR count). The third-order valence-electron chi connectivity index (χ3n) is 5.77. The first-order valence-electron chi connectivity index (χ1n) is 11.1. The summed E-state index contributed by atoms with van der Waals surface area (Å²) >= 11 is 0. The van der Waals surface area contributed by atoms with Crippen molar-refractivity contribution in [2.24, 2.45) is 0 Å². The number of hydrogen-bond acceptors (Lipinski definition) is 5. The molecule has 0 unspecified atom stereocenters. The van der Waals surface area contributed by atoms with Crippen molar-refractivity contribution in [3.05, 3.63) is 94.5 Å². The van der Waals surface area contributed by atoms with Crippen LogP contribution in [-0.4, -0.2) is 15.3 Å². The Labute approximate surface area is 200 Å². The summed E-state index contributed by atoms with van der Waals surface area (Å²) in [5.41, 5.74) is 6.38. The first-order chi connectivity index (χ1) is 16.1. The van der Waals surface area contributed by atoms with Gasteiger partial charge in [0.2, 0.25) is 0 Å². The number of rotatable bonds is 5. The molecule has 5 nitrogen and oxygen atoms in total. The normalized spacial score (nSPS) is 10.9. The lowest BCUT2D eigenvalue weighted by atomic mass is 10.0. The maximum Gasteiger partial charge on any atom is 0.140 e. The summed E-state index contributed by atoms with van der Waals surface area (Å²) in [6.07, 6.45) is 0. The van der Waals surface area contributed by atoms with Crippen molar-refractivity contribution < 1.29 is 20.1 Å². The Balaban J connectivity index is 1.91. The van der Waals surface area contributed by atoms with E-state index in [1.807, 2.05) is 75.9 Å². The lowest BCUT2D eigenvalue weighted by Crippen LogP contribution is -2.13. The van der Waals surface area contributed by atoms with Crippen molar-refractivity contribution in [1.82, 2.24) is 0 Å². The fourth-order valence-electron chi connectivity index (χ4n) is 4.34. The maximum atomic E-state index is 11.0. The maximum absolute atomic E-state index is 11.0. The molecule has 0 aliphatic heterocycles. The van der Waals surface area contributed by atoms with E-state index >= 15 is 0 Å². The van der Waals surface area contributed by atoms with E-state index in [0.29, 0.717) is 28.6 Å². The van der Waals surface area contributed by atoms with E-state index in [1.165, 1.54) is 0 Å². The zero-order valence-corrected chi connectivity index (χ0v) is 20.0. The van der Waals surface area contributed by atoms with E-state index in [0.717, 1.165) is 27.8 Å². The van der Waals surface area contributed by atoms with E-state index in [2.05, 4.69) is 0 Å². The Kier molecular flexibility index (Phi) is 6.12. The zero-order valence-electron chi connectivity index (χ0n) is 20.0. The van der Waals surface area contributed by atoms with Gasteiger partial charge in [0.05, 0.1) is 17.1 Å². The molecule has 0 radical (unpaired) electrons. The molecule has 0 aliphatic carbocycles. The van der Waals surface area contributed by atoms with Crippen LogP contribution in [0.4, 0.5) is 17.1 Å². The highest BCUT2D eigenvalue weighted by molar-refractivity contribution is 5.86. The molecule has 0 saturated heterocycles. The third kappa shape index (κ3) is 4.50. The molecule has 0 spiro atoms. The molecule has 0 saturated carbocycles. The molecule has 0 atom stereocenters. The van der Waals surface area contributed by atoms with Crippen LogP contribution in [0.2, 0.25) is 0 Å². The monoisotopic (exact) mass is 455 g/mol. The predicted molar refractivity (Wildman–Crippen MR) is 136 cm³/mol. The molecular formula is C29H29NO4. The Morgan fingerprint density at radius 3 is 1.76 bits per heavy atom. The first-order valence-corrected chi connectivity index (χ1v) is 11.1. The summed E-state index contributed by atoms with van der Waals surface area (Å²) in [7, 11) is 0. The number of nitrogens with zero attached hydrogens (tertiary/aromatic N) is 1. The van der Waals surface area contributed by atoms with E-state index in [4.69, 9.17) is 4.74 Å². The van der Waals surface area contributed by atoms with Gasteiger partial charge < -0.3 is 25.0 Å². The summed E-state index contributed by atoms with van der Waals surface area (Å²) in [6, 6.07) is 19.9. The highest BCUT2D eigenvalue weighted by Crippen LogP contribution is 2.48. The van der Waals surface area contributed by atoms with Gasteiger partial charge in [-0.25, -0.2) is 0 Å². The second-order valence-corrected chi connectivity index (χ2v) is 8.78. The van der Waals surface area contributed by atoms with Crippen molar-refractivity contribution >= 4 is 17.1 Å². The molecule has 0 aliphatic rings. The topological polar surface area (TPSA) is 73.2 Å². The minimum atomic E-state index is 0.118. The minimum absolute atomic E-state index is 0.118. The lowest BCUT2D eigenvalue weighted by Gasteiger charge is -2.30. The average molecular weight is 456 g/mol. The minimum Gasteiger partial charge on any atom is -0.508 e. The van der Waals surface area contributed by atoms with Crippen LogP contribution in [-0.2, 0) is 0 Å². The molecule has 0 amide bonds. The van der Waals surface area contributed by atoms with Crippen LogP contribution < -0.4 is 9.64 Å². The van der Waals surface area contributed by atoms with Crippen molar-refractivity contribution in [3.8, 4) is 28.7 Å². The highest BCUT2D eigenvalue weighted by Gasteiger charge is 2.24. The van der Waals surface area contributed by atoms with Gasteiger partial charge in [-0.05, 0) is 92.8 Å². The highest BCUT2D eigenvalue weighted by atomic mass is 16.5. The molecule has 5 heteroatoms. The Morgan fingerprint density at radius 2 is 1.21 bits per heavy atom. The second kappa shape index (κ2) is 9.02. The van der Waals surface area contributed by atoms with Crippen LogP contribution in [0.5, 0.6) is 28.7 Å². The van der Waals surface area contributed by atoms with E-state index in [-0.39, 0.29) is 17.2 Å². The SMILES string of the molecule is Cc1cc(C)c(N(c2cccc(Oc3cc(O)ccc3C)c2)c2c(C)cc(C)cc2O)c(O)c1. The van der Waals surface area contributed by atoms with Gasteiger partial charge in [0.1, 0.15) is 28.7 Å². The molecule has 0 bridgehead atoms. The van der Waals surface area contributed by atoms with Crippen LogP contribution in [0, 0.1) is 34.6 Å². The number of anilines is 3. The number of aromatic hydroxyl groups is 3. The Morgan fingerprint density at radius 1 is 0.618 bits per heavy atom. The van der Waals surface area contributed by atoms with Crippen LogP contribution in [0.25, 0.3) is 0 Å². The first kappa shape index (κ1) is 23.1. The molecule has 4 aromatic rings. The molecule has 0 fully saturated rings. The van der Waals surface area contributed by atoms with Crippen molar-refractivity contribution in [2.75, 3.05) is 4.90 Å². The van der Waals surface area contributed by atoms with Gasteiger partial charge >= 0.3 is 0 Å². The van der Waals surface area contributed by atoms with E-state index < -0.39 is 0 Å². The third-order valence-corrected chi connectivity index (χ3v) is 5.77. The summed E-state index contributed by atoms with van der Waals surface area (Å²) < 4.78 is 6.10. The van der Waals surface area contributed by atoms with Crippen molar-refractivity contribution in [3.63, 3.8) is 0 Å². The number of aryl methyl sites for hydroxylation is 5. The smallest absolute Gasteiger partial charge is 0.140 e. The Hall–Kier alpha value is -4.12. The standard InChI is InChI=1S/C29H29NO4/c1-17-11-20(4)28(25(32)13-17)30(29-21(5)12-18(2)14-26(29)33)22-7-6-8-24(15-22)34-27-16-23(31)10-9-19(27)3/h6-16,31-33H,1-5H3. The predicted octanol–water partition coefficient (Wildman–Crippen LogP) is 7.61. The summed E-state index contributed by atoms with van der Waals surface area (Å²) in [5, 5.41) is 31.9. The molecule has 174 valence electrons. The van der Waals surface area contributed by atoms with Crippen molar-refractivity contribution in [2.45, 2.75) is 34.6 Å². The number of ether oxygens (including phenoxy) is 1. The van der Waals surface area contributed by atoms with E-state index in [9.17, 15) is 15.3 Å². The fraction of sp³-hybridized carbons (Fsp3) is 0.172. The number of hydrogen-bond donors (Lipinski definition) is 3.